The lowest BCUT2D eigenvalue weighted by Crippen LogP contribution is -2.07. The Bertz CT molecular complexity index is 562. The highest BCUT2D eigenvalue weighted by molar-refractivity contribution is 14.1. The number of pyridine rings is 1. The third-order valence-corrected chi connectivity index (χ3v) is 2.91. The van der Waals surface area contributed by atoms with E-state index < -0.39 is 0 Å². The molecule has 1 N–H and O–H groups in total. The maximum absolute atomic E-state index is 13.1. The van der Waals surface area contributed by atoms with Gasteiger partial charge in [0, 0.05) is 11.6 Å². The van der Waals surface area contributed by atoms with Gasteiger partial charge in [0.2, 0.25) is 5.43 Å². The van der Waals surface area contributed by atoms with Crippen molar-refractivity contribution in [2.45, 2.75) is 6.92 Å². The van der Waals surface area contributed by atoms with E-state index in [1.807, 2.05) is 22.6 Å². The average molecular weight is 303 g/mol. The van der Waals surface area contributed by atoms with Gasteiger partial charge in [0.15, 0.2) is 0 Å². The van der Waals surface area contributed by atoms with Crippen LogP contribution >= 0.6 is 22.6 Å². The normalized spacial score (nSPS) is 10.8. The van der Waals surface area contributed by atoms with Crippen LogP contribution in [0.25, 0.3) is 10.9 Å². The van der Waals surface area contributed by atoms with Crippen LogP contribution in [0.15, 0.2) is 23.1 Å². The van der Waals surface area contributed by atoms with Gasteiger partial charge in [0.05, 0.1) is 9.09 Å². The lowest BCUT2D eigenvalue weighted by Gasteiger charge is -2.02. The fraction of sp³-hybridized carbons (Fsp3) is 0.100. The van der Waals surface area contributed by atoms with E-state index in [1.165, 1.54) is 12.1 Å². The van der Waals surface area contributed by atoms with Gasteiger partial charge in [0.1, 0.15) is 5.82 Å². The van der Waals surface area contributed by atoms with E-state index in [2.05, 4.69) is 4.98 Å². The molecule has 2 nitrogen and oxygen atoms in total. The highest BCUT2D eigenvalue weighted by atomic mass is 127. The highest BCUT2D eigenvalue weighted by Crippen LogP contribution is 2.15. The molecule has 1 heterocycles. The third kappa shape index (κ3) is 1.43. The Kier molecular flexibility index (Phi) is 2.30. The Hall–Kier alpha value is -0.910. The number of aryl methyl sites for hydroxylation is 1. The van der Waals surface area contributed by atoms with Crippen molar-refractivity contribution in [3.8, 4) is 0 Å². The molecular weight excluding hydrogens is 296 g/mol. The second kappa shape index (κ2) is 3.34. The minimum Gasteiger partial charge on any atom is -0.360 e. The summed E-state index contributed by atoms with van der Waals surface area (Å²) in [4.78, 5) is 14.6. The van der Waals surface area contributed by atoms with E-state index in [9.17, 15) is 9.18 Å². The molecule has 2 aromatic rings. The standard InChI is InChI=1S/C10H7FINO/c1-5-2-6(11)3-7-9(5)13-4-8(12)10(7)14/h2-4H,1H3,(H,13,14). The summed E-state index contributed by atoms with van der Waals surface area (Å²) in [6.07, 6.45) is 1.64. The fourth-order valence-electron chi connectivity index (χ4n) is 1.44. The monoisotopic (exact) mass is 303 g/mol. The number of benzene rings is 1. The predicted octanol–water partition coefficient (Wildman–Crippen LogP) is 2.58. The van der Waals surface area contributed by atoms with Crippen molar-refractivity contribution in [1.29, 1.82) is 0 Å². The molecule has 0 saturated carbocycles. The number of hydrogen-bond donors (Lipinski definition) is 1. The van der Waals surface area contributed by atoms with Gasteiger partial charge in [-0.15, -0.1) is 0 Å². The Balaban J connectivity index is 3.03. The Morgan fingerprint density at radius 1 is 1.43 bits per heavy atom. The molecular formula is C10H7FINO. The van der Waals surface area contributed by atoms with Gasteiger partial charge in [-0.25, -0.2) is 4.39 Å². The van der Waals surface area contributed by atoms with Crippen molar-refractivity contribution < 1.29 is 4.39 Å². The van der Waals surface area contributed by atoms with Gasteiger partial charge in [-0.2, -0.15) is 0 Å². The van der Waals surface area contributed by atoms with Gasteiger partial charge in [-0.1, -0.05) is 0 Å². The maximum atomic E-state index is 13.1. The fourth-order valence-corrected chi connectivity index (χ4v) is 1.89. The van der Waals surface area contributed by atoms with E-state index in [0.717, 1.165) is 5.56 Å². The SMILES string of the molecule is Cc1cc(F)cc2c(=O)c(I)c[nH]c12. The molecule has 72 valence electrons. The number of fused-ring (bicyclic) bond motifs is 1. The molecule has 2 rings (SSSR count). The van der Waals surface area contributed by atoms with E-state index in [4.69, 9.17) is 0 Å². The molecule has 14 heavy (non-hydrogen) atoms. The van der Waals surface area contributed by atoms with Gasteiger partial charge < -0.3 is 4.98 Å². The third-order valence-electron chi connectivity index (χ3n) is 2.11. The first-order valence-corrected chi connectivity index (χ1v) is 5.14. The summed E-state index contributed by atoms with van der Waals surface area (Å²) in [5.74, 6) is -0.373. The summed E-state index contributed by atoms with van der Waals surface area (Å²) in [7, 11) is 0. The van der Waals surface area contributed by atoms with E-state index in [-0.39, 0.29) is 11.2 Å². The number of nitrogens with one attached hydrogen (secondary N) is 1. The van der Waals surface area contributed by atoms with Crippen LogP contribution in [0.4, 0.5) is 4.39 Å². The van der Waals surface area contributed by atoms with Crippen LogP contribution in [0.2, 0.25) is 0 Å². The zero-order valence-electron chi connectivity index (χ0n) is 7.40. The second-order valence-corrected chi connectivity index (χ2v) is 4.27. The van der Waals surface area contributed by atoms with Crippen LogP contribution in [-0.2, 0) is 0 Å². The first kappa shape index (κ1) is 9.64. The van der Waals surface area contributed by atoms with Gasteiger partial charge >= 0.3 is 0 Å². The number of H-pyrrole nitrogens is 1. The summed E-state index contributed by atoms with van der Waals surface area (Å²) < 4.78 is 13.6. The van der Waals surface area contributed by atoms with Crippen molar-refractivity contribution in [2.75, 3.05) is 0 Å². The zero-order chi connectivity index (χ0) is 10.3. The lowest BCUT2D eigenvalue weighted by molar-refractivity contribution is 0.628. The summed E-state index contributed by atoms with van der Waals surface area (Å²) in [5, 5.41) is 0.411. The Morgan fingerprint density at radius 2 is 2.14 bits per heavy atom. The molecule has 0 bridgehead atoms. The van der Waals surface area contributed by atoms with Crippen molar-refractivity contribution in [2.24, 2.45) is 0 Å². The first-order valence-electron chi connectivity index (χ1n) is 4.06. The molecule has 1 aromatic heterocycles. The lowest BCUT2D eigenvalue weighted by atomic mass is 10.1. The van der Waals surface area contributed by atoms with Crippen LogP contribution in [-0.4, -0.2) is 4.98 Å². The van der Waals surface area contributed by atoms with Crippen LogP contribution in [0.5, 0.6) is 0 Å². The molecule has 0 aliphatic rings. The Labute approximate surface area is 93.3 Å². The zero-order valence-corrected chi connectivity index (χ0v) is 9.55. The van der Waals surface area contributed by atoms with Crippen LogP contribution in [0.3, 0.4) is 0 Å². The average Bonchev–Trinajstić information content (AvgIpc) is 2.12. The molecule has 0 radical (unpaired) electrons. The van der Waals surface area contributed by atoms with Crippen LogP contribution in [0.1, 0.15) is 5.56 Å². The maximum Gasteiger partial charge on any atom is 0.202 e. The van der Waals surface area contributed by atoms with Crippen molar-refractivity contribution in [3.05, 3.63) is 43.5 Å². The highest BCUT2D eigenvalue weighted by Gasteiger charge is 2.06. The van der Waals surface area contributed by atoms with E-state index in [1.54, 1.807) is 13.1 Å². The molecule has 0 aliphatic heterocycles. The number of hydrogen-bond acceptors (Lipinski definition) is 1. The summed E-state index contributed by atoms with van der Waals surface area (Å²) in [6, 6.07) is 2.68. The summed E-state index contributed by atoms with van der Waals surface area (Å²) in [5.41, 5.74) is 1.33. The number of halogens is 2. The van der Waals surface area contributed by atoms with Crippen LogP contribution < -0.4 is 5.43 Å². The predicted molar refractivity (Wildman–Crippen MR) is 62.0 cm³/mol. The van der Waals surface area contributed by atoms with Gasteiger partial charge in [-0.05, 0) is 47.2 Å². The van der Waals surface area contributed by atoms with Crippen molar-refractivity contribution in [1.82, 2.24) is 4.98 Å². The summed E-state index contributed by atoms with van der Waals surface area (Å²) in [6.45, 7) is 1.77. The first-order chi connectivity index (χ1) is 6.59. The van der Waals surface area contributed by atoms with Crippen molar-refractivity contribution in [3.63, 3.8) is 0 Å². The van der Waals surface area contributed by atoms with Gasteiger partial charge in [0.25, 0.3) is 0 Å². The smallest absolute Gasteiger partial charge is 0.202 e. The van der Waals surface area contributed by atoms with Crippen LogP contribution in [0, 0.1) is 16.3 Å². The second-order valence-electron chi connectivity index (χ2n) is 3.11. The van der Waals surface area contributed by atoms with E-state index in [0.29, 0.717) is 14.5 Å². The molecule has 0 saturated heterocycles. The molecule has 1 aromatic carbocycles. The molecule has 0 atom stereocenters. The Morgan fingerprint density at radius 3 is 2.86 bits per heavy atom. The quantitative estimate of drug-likeness (QED) is 0.746. The molecule has 0 unspecified atom stereocenters. The summed E-state index contributed by atoms with van der Waals surface area (Å²) >= 11 is 1.93. The van der Waals surface area contributed by atoms with Gasteiger partial charge in [-0.3, -0.25) is 4.79 Å². The molecule has 0 fully saturated rings. The molecule has 0 aliphatic carbocycles. The topological polar surface area (TPSA) is 32.9 Å². The number of aromatic nitrogens is 1. The minimum atomic E-state index is -0.373. The molecule has 4 heteroatoms. The molecule has 0 spiro atoms. The largest absolute Gasteiger partial charge is 0.360 e. The van der Waals surface area contributed by atoms with Crippen molar-refractivity contribution >= 4 is 33.5 Å². The minimum absolute atomic E-state index is 0.123. The number of aromatic amines is 1. The molecule has 0 amide bonds. The van der Waals surface area contributed by atoms with E-state index >= 15 is 0 Å². The number of rotatable bonds is 0.